The number of morpholine rings is 1. The zero-order valence-corrected chi connectivity index (χ0v) is 14.9. The lowest BCUT2D eigenvalue weighted by Crippen LogP contribution is -2.41. The van der Waals surface area contributed by atoms with Crippen molar-refractivity contribution in [2.24, 2.45) is 0 Å². The minimum atomic E-state index is 0.384. The van der Waals surface area contributed by atoms with Gasteiger partial charge in [0, 0.05) is 55.9 Å². The predicted molar refractivity (Wildman–Crippen MR) is 104 cm³/mol. The van der Waals surface area contributed by atoms with Crippen molar-refractivity contribution in [2.45, 2.75) is 18.9 Å². The molecule has 5 heteroatoms. The van der Waals surface area contributed by atoms with E-state index in [1.807, 2.05) is 24.4 Å². The zero-order valence-electron chi connectivity index (χ0n) is 14.9. The minimum Gasteiger partial charge on any atom is -0.378 e. The third-order valence-corrected chi connectivity index (χ3v) is 4.76. The maximum absolute atomic E-state index is 5.44. The maximum atomic E-state index is 5.44. The van der Waals surface area contributed by atoms with E-state index >= 15 is 0 Å². The van der Waals surface area contributed by atoms with Crippen molar-refractivity contribution < 1.29 is 4.74 Å². The number of hydrogen-bond acceptors (Lipinski definition) is 5. The van der Waals surface area contributed by atoms with Crippen LogP contribution >= 0.6 is 0 Å². The number of aromatic nitrogens is 1. The third-order valence-electron chi connectivity index (χ3n) is 4.76. The summed E-state index contributed by atoms with van der Waals surface area (Å²) in [5.41, 5.74) is 2.35. The molecule has 2 saturated heterocycles. The van der Waals surface area contributed by atoms with Gasteiger partial charge in [0.15, 0.2) is 0 Å². The Hall–Kier alpha value is -2.27. The van der Waals surface area contributed by atoms with Crippen molar-refractivity contribution in [3.05, 3.63) is 55.4 Å². The largest absolute Gasteiger partial charge is 0.378 e. The summed E-state index contributed by atoms with van der Waals surface area (Å²) in [6.07, 6.45) is 9.94. The van der Waals surface area contributed by atoms with Gasteiger partial charge in [0.25, 0.3) is 0 Å². The number of allylic oxidation sites excluding steroid dienone is 3. The maximum Gasteiger partial charge on any atom is 0.128 e. The van der Waals surface area contributed by atoms with Gasteiger partial charge in [0.1, 0.15) is 5.82 Å². The molecular weight excluding hydrogens is 312 g/mol. The Kier molecular flexibility index (Phi) is 6.12. The molecule has 5 nitrogen and oxygen atoms in total. The lowest BCUT2D eigenvalue weighted by molar-refractivity contribution is 0.122. The van der Waals surface area contributed by atoms with Crippen LogP contribution in [-0.4, -0.2) is 55.3 Å². The Balaban J connectivity index is 1.64. The molecule has 0 saturated carbocycles. The van der Waals surface area contributed by atoms with Crippen molar-refractivity contribution in [1.82, 2.24) is 9.88 Å². The van der Waals surface area contributed by atoms with E-state index in [1.165, 1.54) is 5.69 Å². The van der Waals surface area contributed by atoms with Gasteiger partial charge in [0.05, 0.1) is 13.2 Å². The van der Waals surface area contributed by atoms with Crippen LogP contribution in [0.15, 0.2) is 55.4 Å². The van der Waals surface area contributed by atoms with E-state index in [0.29, 0.717) is 6.04 Å². The molecule has 2 aliphatic rings. The summed E-state index contributed by atoms with van der Waals surface area (Å²) in [4.78, 5) is 9.23. The second-order valence-electron chi connectivity index (χ2n) is 6.46. The standard InChI is InChI=1S/C20H28N4O/c1-3-6-18(4-2)24-10-5-7-17(16-24)22-20-15-19(8-9-21-20)23-11-13-25-14-12-23/h3-4,6,8-9,15,17H,1-2,5,7,10-14,16H2,(H,21,22)/b18-6+/t17-/m1/s1. The van der Waals surface area contributed by atoms with Crippen molar-refractivity contribution >= 4 is 11.5 Å². The molecule has 3 rings (SSSR count). The quantitative estimate of drug-likeness (QED) is 0.806. The lowest BCUT2D eigenvalue weighted by Gasteiger charge is -2.35. The highest BCUT2D eigenvalue weighted by Crippen LogP contribution is 2.22. The van der Waals surface area contributed by atoms with E-state index in [0.717, 1.165) is 63.7 Å². The van der Waals surface area contributed by atoms with E-state index in [1.54, 1.807) is 0 Å². The van der Waals surface area contributed by atoms with Gasteiger partial charge in [-0.15, -0.1) is 0 Å². The van der Waals surface area contributed by atoms with Crippen LogP contribution in [0.5, 0.6) is 0 Å². The van der Waals surface area contributed by atoms with Crippen LogP contribution < -0.4 is 10.2 Å². The minimum absolute atomic E-state index is 0.384. The lowest BCUT2D eigenvalue weighted by atomic mass is 10.0. The Morgan fingerprint density at radius 1 is 1.28 bits per heavy atom. The number of rotatable bonds is 6. The fourth-order valence-electron chi connectivity index (χ4n) is 3.48. The van der Waals surface area contributed by atoms with E-state index in [-0.39, 0.29) is 0 Å². The molecule has 0 aromatic carbocycles. The van der Waals surface area contributed by atoms with Gasteiger partial charge in [0.2, 0.25) is 0 Å². The molecule has 1 N–H and O–H groups in total. The molecule has 0 amide bonds. The number of piperidine rings is 1. The van der Waals surface area contributed by atoms with Crippen LogP contribution in [-0.2, 0) is 4.74 Å². The summed E-state index contributed by atoms with van der Waals surface area (Å²) < 4.78 is 5.44. The molecule has 134 valence electrons. The molecule has 2 aliphatic heterocycles. The average molecular weight is 340 g/mol. The van der Waals surface area contributed by atoms with Crippen molar-refractivity contribution in [2.75, 3.05) is 49.6 Å². The SMILES string of the molecule is C=C/C=C(\C=C)N1CCC[C@@H](Nc2cc(N3CCOCC3)ccn2)C1. The first-order valence-corrected chi connectivity index (χ1v) is 9.05. The Morgan fingerprint density at radius 3 is 2.88 bits per heavy atom. The summed E-state index contributed by atoms with van der Waals surface area (Å²) in [6, 6.07) is 4.61. The molecule has 0 bridgehead atoms. The Bertz CT molecular complexity index is 622. The van der Waals surface area contributed by atoms with Gasteiger partial charge in [-0.2, -0.15) is 0 Å². The second kappa shape index (κ2) is 8.72. The summed E-state index contributed by atoms with van der Waals surface area (Å²) >= 11 is 0. The Morgan fingerprint density at radius 2 is 2.12 bits per heavy atom. The molecule has 0 unspecified atom stereocenters. The number of likely N-dealkylation sites (tertiary alicyclic amines) is 1. The van der Waals surface area contributed by atoms with Gasteiger partial charge >= 0.3 is 0 Å². The first-order valence-electron chi connectivity index (χ1n) is 9.05. The molecule has 0 spiro atoms. The zero-order chi connectivity index (χ0) is 17.5. The first-order chi connectivity index (χ1) is 12.3. The summed E-state index contributed by atoms with van der Waals surface area (Å²) in [5.74, 6) is 0.948. The number of anilines is 2. The number of ether oxygens (including phenoxy) is 1. The fourth-order valence-corrected chi connectivity index (χ4v) is 3.48. The van der Waals surface area contributed by atoms with Crippen molar-refractivity contribution in [3.8, 4) is 0 Å². The van der Waals surface area contributed by atoms with Crippen LogP contribution in [0.1, 0.15) is 12.8 Å². The molecule has 1 atom stereocenters. The van der Waals surface area contributed by atoms with Gasteiger partial charge in [-0.3, -0.25) is 0 Å². The molecule has 2 fully saturated rings. The summed E-state index contributed by atoms with van der Waals surface area (Å²) in [5, 5.41) is 3.61. The number of nitrogens with zero attached hydrogens (tertiary/aromatic N) is 3. The smallest absolute Gasteiger partial charge is 0.128 e. The molecule has 1 aromatic rings. The van der Waals surface area contributed by atoms with Gasteiger partial charge < -0.3 is 19.9 Å². The van der Waals surface area contributed by atoms with Gasteiger partial charge in [-0.25, -0.2) is 4.98 Å². The Labute approximate surface area is 150 Å². The highest BCUT2D eigenvalue weighted by molar-refractivity contribution is 5.54. The molecule has 25 heavy (non-hydrogen) atoms. The molecule has 0 aliphatic carbocycles. The first kappa shape index (κ1) is 17.5. The summed E-state index contributed by atoms with van der Waals surface area (Å²) in [7, 11) is 0. The van der Waals surface area contributed by atoms with E-state index in [9.17, 15) is 0 Å². The van der Waals surface area contributed by atoms with E-state index < -0.39 is 0 Å². The molecular formula is C20H28N4O. The van der Waals surface area contributed by atoms with Gasteiger partial charge in [-0.05, 0) is 31.1 Å². The average Bonchev–Trinajstić information content (AvgIpc) is 2.67. The van der Waals surface area contributed by atoms with Crippen LogP contribution in [0.4, 0.5) is 11.5 Å². The van der Waals surface area contributed by atoms with Gasteiger partial charge in [-0.1, -0.05) is 19.2 Å². The highest BCUT2D eigenvalue weighted by atomic mass is 16.5. The topological polar surface area (TPSA) is 40.6 Å². The molecule has 1 aromatic heterocycles. The fraction of sp³-hybridized carbons (Fsp3) is 0.450. The molecule has 0 radical (unpaired) electrons. The number of pyridine rings is 1. The normalized spacial score (nSPS) is 21.8. The van der Waals surface area contributed by atoms with Crippen LogP contribution in [0.3, 0.4) is 0 Å². The number of hydrogen-bond donors (Lipinski definition) is 1. The van der Waals surface area contributed by atoms with E-state index in [4.69, 9.17) is 4.74 Å². The third kappa shape index (κ3) is 4.63. The highest BCUT2D eigenvalue weighted by Gasteiger charge is 2.21. The van der Waals surface area contributed by atoms with E-state index in [2.05, 4.69) is 45.4 Å². The van der Waals surface area contributed by atoms with Crippen LogP contribution in [0, 0.1) is 0 Å². The van der Waals surface area contributed by atoms with Crippen LogP contribution in [0.25, 0.3) is 0 Å². The monoisotopic (exact) mass is 340 g/mol. The number of nitrogens with one attached hydrogen (secondary N) is 1. The predicted octanol–water partition coefficient (Wildman–Crippen LogP) is 3.05. The summed E-state index contributed by atoms with van der Waals surface area (Å²) in [6.45, 7) is 13.2. The van der Waals surface area contributed by atoms with Crippen molar-refractivity contribution in [1.29, 1.82) is 0 Å². The second-order valence-corrected chi connectivity index (χ2v) is 6.46. The van der Waals surface area contributed by atoms with Crippen LogP contribution in [0.2, 0.25) is 0 Å². The van der Waals surface area contributed by atoms with Crippen molar-refractivity contribution in [3.63, 3.8) is 0 Å². The molecule has 3 heterocycles.